The lowest BCUT2D eigenvalue weighted by molar-refractivity contribution is -0.387. The van der Waals surface area contributed by atoms with E-state index in [1.807, 2.05) is 13.8 Å². The normalized spacial score (nSPS) is 12.0. The van der Waals surface area contributed by atoms with Gasteiger partial charge in [-0.3, -0.25) is 14.9 Å². The van der Waals surface area contributed by atoms with Gasteiger partial charge in [-0.25, -0.2) is 0 Å². The minimum Gasteiger partial charge on any atom is -0.354 e. The summed E-state index contributed by atoms with van der Waals surface area (Å²) >= 11 is 0. The Hall–Kier alpha value is -2.02. The van der Waals surface area contributed by atoms with Gasteiger partial charge in [0.1, 0.15) is 0 Å². The molecule has 7 heteroatoms. The van der Waals surface area contributed by atoms with Crippen LogP contribution in [0.25, 0.3) is 0 Å². The third-order valence-corrected chi connectivity index (χ3v) is 3.08. The van der Waals surface area contributed by atoms with Crippen molar-refractivity contribution in [3.63, 3.8) is 0 Å². The maximum absolute atomic E-state index is 13.2. The number of rotatable bonds is 8. The van der Waals surface area contributed by atoms with Crippen LogP contribution in [0.2, 0.25) is 0 Å². The van der Waals surface area contributed by atoms with Crippen LogP contribution < -0.4 is 10.6 Å². The van der Waals surface area contributed by atoms with Gasteiger partial charge in [0.2, 0.25) is 11.7 Å². The molecule has 0 aliphatic rings. The Kier molecular flexibility index (Phi) is 6.74. The van der Waals surface area contributed by atoms with Gasteiger partial charge in [-0.1, -0.05) is 13.0 Å². The summed E-state index contributed by atoms with van der Waals surface area (Å²) < 4.78 is 13.2. The fraction of sp³-hybridized carbons (Fsp3) is 0.500. The molecule has 6 nitrogen and oxygen atoms in total. The number of carbonyl (C=O) groups is 1. The van der Waals surface area contributed by atoms with E-state index in [0.717, 1.165) is 12.5 Å². The van der Waals surface area contributed by atoms with E-state index in [-0.39, 0.29) is 11.9 Å². The topological polar surface area (TPSA) is 84.3 Å². The summed E-state index contributed by atoms with van der Waals surface area (Å²) in [5.74, 6) is -0.890. The van der Waals surface area contributed by atoms with E-state index in [9.17, 15) is 19.3 Å². The van der Waals surface area contributed by atoms with Crippen molar-refractivity contribution < 1.29 is 14.1 Å². The Labute approximate surface area is 122 Å². The van der Waals surface area contributed by atoms with Crippen LogP contribution in [0.5, 0.6) is 0 Å². The van der Waals surface area contributed by atoms with E-state index in [2.05, 4.69) is 10.6 Å². The van der Waals surface area contributed by atoms with Crippen molar-refractivity contribution in [3.05, 3.63) is 39.7 Å². The first-order valence-electron chi connectivity index (χ1n) is 6.87. The SMILES string of the molecule is CCC(C)NC(=O)CCNCc1ccc(F)c([N+](=O)[O-])c1. The molecule has 1 unspecified atom stereocenters. The van der Waals surface area contributed by atoms with Crippen LogP contribution >= 0.6 is 0 Å². The van der Waals surface area contributed by atoms with Crippen LogP contribution in [0, 0.1) is 15.9 Å². The van der Waals surface area contributed by atoms with Crippen molar-refractivity contribution >= 4 is 11.6 Å². The standard InChI is InChI=1S/C14H20FN3O3/c1-3-10(2)17-14(19)6-7-16-9-11-4-5-12(15)13(8-11)18(20)21/h4-5,8,10,16H,3,6-7,9H2,1-2H3,(H,17,19). The average molecular weight is 297 g/mol. The summed E-state index contributed by atoms with van der Waals surface area (Å²) in [7, 11) is 0. The molecule has 0 aromatic heterocycles. The van der Waals surface area contributed by atoms with E-state index in [1.165, 1.54) is 12.1 Å². The average Bonchev–Trinajstić information content (AvgIpc) is 2.44. The number of nitrogens with one attached hydrogen (secondary N) is 2. The molecule has 0 aliphatic heterocycles. The zero-order valence-electron chi connectivity index (χ0n) is 12.2. The highest BCUT2D eigenvalue weighted by atomic mass is 19.1. The molecule has 2 N–H and O–H groups in total. The lowest BCUT2D eigenvalue weighted by atomic mass is 10.2. The molecule has 0 aliphatic carbocycles. The lowest BCUT2D eigenvalue weighted by Gasteiger charge is -2.11. The second kappa shape index (κ2) is 8.31. The third-order valence-electron chi connectivity index (χ3n) is 3.08. The van der Waals surface area contributed by atoms with Gasteiger partial charge in [-0.2, -0.15) is 4.39 Å². The van der Waals surface area contributed by atoms with Crippen molar-refractivity contribution in [2.75, 3.05) is 6.54 Å². The highest BCUT2D eigenvalue weighted by Crippen LogP contribution is 2.18. The molecule has 1 amide bonds. The molecule has 1 aromatic rings. The molecule has 0 saturated heterocycles. The Morgan fingerprint density at radius 2 is 2.19 bits per heavy atom. The number of hydrogen-bond donors (Lipinski definition) is 2. The second-order valence-electron chi connectivity index (χ2n) is 4.85. The van der Waals surface area contributed by atoms with Gasteiger partial charge in [-0.05, 0) is 25.0 Å². The Morgan fingerprint density at radius 1 is 1.48 bits per heavy atom. The zero-order chi connectivity index (χ0) is 15.8. The van der Waals surface area contributed by atoms with Crippen LogP contribution in [0.3, 0.4) is 0 Å². The van der Waals surface area contributed by atoms with Gasteiger partial charge in [0.25, 0.3) is 0 Å². The van der Waals surface area contributed by atoms with Crippen molar-refractivity contribution in [1.82, 2.24) is 10.6 Å². The highest BCUT2D eigenvalue weighted by Gasteiger charge is 2.14. The molecule has 0 bridgehead atoms. The van der Waals surface area contributed by atoms with E-state index < -0.39 is 16.4 Å². The quantitative estimate of drug-likeness (QED) is 0.437. The second-order valence-corrected chi connectivity index (χ2v) is 4.85. The largest absolute Gasteiger partial charge is 0.354 e. The van der Waals surface area contributed by atoms with E-state index in [1.54, 1.807) is 0 Å². The summed E-state index contributed by atoms with van der Waals surface area (Å²) in [4.78, 5) is 21.4. The number of nitrogens with zero attached hydrogens (tertiary/aromatic N) is 1. The molecule has 0 heterocycles. The number of halogens is 1. The maximum Gasteiger partial charge on any atom is 0.305 e. The van der Waals surface area contributed by atoms with Gasteiger partial charge >= 0.3 is 5.69 Å². The highest BCUT2D eigenvalue weighted by molar-refractivity contribution is 5.76. The smallest absolute Gasteiger partial charge is 0.305 e. The van der Waals surface area contributed by atoms with Crippen LogP contribution in [0.15, 0.2) is 18.2 Å². The summed E-state index contributed by atoms with van der Waals surface area (Å²) in [5.41, 5.74) is 0.0641. The van der Waals surface area contributed by atoms with Crippen molar-refractivity contribution in [3.8, 4) is 0 Å². The number of hydrogen-bond acceptors (Lipinski definition) is 4. The molecular formula is C14H20FN3O3. The Morgan fingerprint density at radius 3 is 2.81 bits per heavy atom. The molecule has 0 radical (unpaired) electrons. The van der Waals surface area contributed by atoms with Crippen molar-refractivity contribution in [1.29, 1.82) is 0 Å². The van der Waals surface area contributed by atoms with E-state index >= 15 is 0 Å². The van der Waals surface area contributed by atoms with Gasteiger partial charge in [0.15, 0.2) is 0 Å². The number of benzene rings is 1. The van der Waals surface area contributed by atoms with E-state index in [4.69, 9.17) is 0 Å². The predicted octanol–water partition coefficient (Wildman–Crippen LogP) is 2.13. The first-order valence-corrected chi connectivity index (χ1v) is 6.87. The van der Waals surface area contributed by atoms with Crippen LogP contribution in [0.4, 0.5) is 10.1 Å². The molecule has 1 rings (SSSR count). The maximum atomic E-state index is 13.2. The summed E-state index contributed by atoms with van der Waals surface area (Å²) in [6.07, 6.45) is 1.20. The molecule has 1 aromatic carbocycles. The molecule has 0 saturated carbocycles. The number of nitro groups is 1. The number of nitro benzene ring substituents is 1. The van der Waals surface area contributed by atoms with Crippen LogP contribution in [-0.2, 0) is 11.3 Å². The number of carbonyl (C=O) groups excluding carboxylic acids is 1. The molecule has 21 heavy (non-hydrogen) atoms. The Bertz CT molecular complexity index is 508. The zero-order valence-corrected chi connectivity index (χ0v) is 12.2. The third kappa shape index (κ3) is 5.86. The van der Waals surface area contributed by atoms with Crippen LogP contribution in [0.1, 0.15) is 32.3 Å². The number of amides is 1. The Balaban J connectivity index is 2.38. The summed E-state index contributed by atoms with van der Waals surface area (Å²) in [5, 5.41) is 16.5. The van der Waals surface area contributed by atoms with Crippen LogP contribution in [-0.4, -0.2) is 23.4 Å². The minimum absolute atomic E-state index is 0.0399. The lowest BCUT2D eigenvalue weighted by Crippen LogP contribution is -2.33. The fourth-order valence-electron chi connectivity index (χ4n) is 1.69. The first kappa shape index (κ1) is 17.0. The van der Waals surface area contributed by atoms with Gasteiger partial charge < -0.3 is 10.6 Å². The molecule has 116 valence electrons. The summed E-state index contributed by atoms with van der Waals surface area (Å²) in [6, 6.07) is 3.90. The van der Waals surface area contributed by atoms with Gasteiger partial charge in [0, 0.05) is 31.6 Å². The molecule has 1 atom stereocenters. The molecule has 0 fully saturated rings. The summed E-state index contributed by atoms with van der Waals surface area (Å²) in [6.45, 7) is 4.72. The monoisotopic (exact) mass is 297 g/mol. The van der Waals surface area contributed by atoms with Gasteiger partial charge in [-0.15, -0.1) is 0 Å². The van der Waals surface area contributed by atoms with E-state index in [0.29, 0.717) is 25.1 Å². The predicted molar refractivity (Wildman–Crippen MR) is 77.3 cm³/mol. The molecular weight excluding hydrogens is 277 g/mol. The molecule has 0 spiro atoms. The minimum atomic E-state index is -0.850. The van der Waals surface area contributed by atoms with Crippen molar-refractivity contribution in [2.45, 2.75) is 39.3 Å². The van der Waals surface area contributed by atoms with Gasteiger partial charge in [0.05, 0.1) is 4.92 Å². The first-order chi connectivity index (χ1) is 9.93. The fourth-order valence-corrected chi connectivity index (χ4v) is 1.69. The van der Waals surface area contributed by atoms with Crippen molar-refractivity contribution in [2.24, 2.45) is 0 Å².